The van der Waals surface area contributed by atoms with E-state index in [1.54, 1.807) is 0 Å². The maximum Gasteiger partial charge on any atom is 0.119 e. The van der Waals surface area contributed by atoms with Crippen molar-refractivity contribution in [3.63, 3.8) is 0 Å². The molecule has 0 spiro atoms. The van der Waals surface area contributed by atoms with Crippen LogP contribution < -0.4 is 14.4 Å². The Bertz CT molecular complexity index is 741. The number of benzene rings is 2. The fourth-order valence-corrected chi connectivity index (χ4v) is 3.81. The Hall–Kier alpha value is -2.24. The monoisotopic (exact) mass is 412 g/mol. The van der Waals surface area contributed by atoms with E-state index >= 15 is 0 Å². The van der Waals surface area contributed by atoms with Crippen LogP contribution in [0.3, 0.4) is 0 Å². The predicted molar refractivity (Wildman–Crippen MR) is 123 cm³/mol. The lowest BCUT2D eigenvalue weighted by molar-refractivity contribution is -0.0276. The van der Waals surface area contributed by atoms with E-state index < -0.39 is 5.60 Å². The highest BCUT2D eigenvalue weighted by atomic mass is 16.5. The first kappa shape index (κ1) is 22.4. The summed E-state index contributed by atoms with van der Waals surface area (Å²) in [6.07, 6.45) is 2.58. The third kappa shape index (κ3) is 6.92. The van der Waals surface area contributed by atoms with Gasteiger partial charge in [0.05, 0.1) is 11.7 Å². The summed E-state index contributed by atoms with van der Waals surface area (Å²) in [5.41, 5.74) is 0.566. The minimum atomic E-state index is -0.578. The van der Waals surface area contributed by atoms with Crippen molar-refractivity contribution in [1.29, 1.82) is 0 Å². The molecule has 0 atom stereocenters. The number of likely N-dealkylation sites (tertiary alicyclic amines) is 1. The molecule has 5 nitrogen and oxygen atoms in total. The van der Waals surface area contributed by atoms with Crippen LogP contribution in [-0.2, 0) is 0 Å². The van der Waals surface area contributed by atoms with Gasteiger partial charge in [0.1, 0.15) is 18.1 Å². The van der Waals surface area contributed by atoms with Crippen LogP contribution in [0.2, 0.25) is 0 Å². The minimum absolute atomic E-state index is 0.179. The highest BCUT2D eigenvalue weighted by Crippen LogP contribution is 2.27. The molecule has 0 bridgehead atoms. The summed E-state index contributed by atoms with van der Waals surface area (Å²) in [5.74, 6) is 1.81. The molecule has 164 valence electrons. The quantitative estimate of drug-likeness (QED) is 0.633. The predicted octanol–water partition coefficient (Wildman–Crippen LogP) is 4.21. The van der Waals surface area contributed by atoms with E-state index in [1.165, 1.54) is 0 Å². The number of hydrogen-bond donors (Lipinski definition) is 1. The summed E-state index contributed by atoms with van der Waals surface area (Å²) < 4.78 is 11.5. The third-order valence-electron chi connectivity index (χ3n) is 5.77. The largest absolute Gasteiger partial charge is 0.492 e. The fourth-order valence-electron chi connectivity index (χ4n) is 3.81. The molecule has 1 heterocycles. The molecule has 0 amide bonds. The summed E-state index contributed by atoms with van der Waals surface area (Å²) >= 11 is 0. The molecule has 3 rings (SSSR count). The molecule has 5 heteroatoms. The molecule has 1 aliphatic heterocycles. The highest BCUT2D eigenvalue weighted by molar-refractivity contribution is 5.48. The number of aliphatic hydroxyl groups is 1. The number of rotatable bonds is 10. The topological polar surface area (TPSA) is 45.2 Å². The minimum Gasteiger partial charge on any atom is -0.492 e. The van der Waals surface area contributed by atoms with Gasteiger partial charge in [0.15, 0.2) is 0 Å². The number of para-hydroxylation sites is 1. The van der Waals surface area contributed by atoms with Gasteiger partial charge in [0.2, 0.25) is 0 Å². The van der Waals surface area contributed by atoms with E-state index in [9.17, 15) is 5.11 Å². The van der Waals surface area contributed by atoms with Crippen molar-refractivity contribution < 1.29 is 14.6 Å². The van der Waals surface area contributed by atoms with Crippen molar-refractivity contribution in [3.05, 3.63) is 54.6 Å². The van der Waals surface area contributed by atoms with E-state index in [0.29, 0.717) is 6.61 Å². The molecule has 1 N–H and O–H groups in total. The zero-order chi connectivity index (χ0) is 21.4. The second-order valence-electron chi connectivity index (χ2n) is 8.56. The smallest absolute Gasteiger partial charge is 0.119 e. The number of nitrogens with zero attached hydrogens (tertiary/aromatic N) is 2. The molecule has 30 heavy (non-hydrogen) atoms. The third-order valence-corrected chi connectivity index (χ3v) is 5.77. The molecule has 0 unspecified atom stereocenters. The van der Waals surface area contributed by atoms with E-state index in [2.05, 4.69) is 29.0 Å². The Morgan fingerprint density at radius 2 is 1.67 bits per heavy atom. The Kier molecular flexibility index (Phi) is 8.00. The number of ether oxygens (including phenoxy) is 2. The van der Waals surface area contributed by atoms with Crippen molar-refractivity contribution in [2.24, 2.45) is 0 Å². The van der Waals surface area contributed by atoms with Crippen LogP contribution in [0.1, 0.15) is 33.1 Å². The molecule has 0 saturated carbocycles. The van der Waals surface area contributed by atoms with E-state index in [4.69, 9.17) is 9.47 Å². The molecule has 1 saturated heterocycles. The van der Waals surface area contributed by atoms with Gasteiger partial charge >= 0.3 is 0 Å². The van der Waals surface area contributed by atoms with Crippen LogP contribution in [0, 0.1) is 0 Å². The van der Waals surface area contributed by atoms with Gasteiger partial charge in [-0.15, -0.1) is 0 Å². The zero-order valence-corrected chi connectivity index (χ0v) is 18.6. The summed E-state index contributed by atoms with van der Waals surface area (Å²) in [6.45, 7) is 8.30. The van der Waals surface area contributed by atoms with Gasteiger partial charge in [0.25, 0.3) is 0 Å². The first-order chi connectivity index (χ1) is 14.4. The van der Waals surface area contributed by atoms with Crippen molar-refractivity contribution in [2.45, 2.75) is 44.8 Å². The maximum atomic E-state index is 11.0. The van der Waals surface area contributed by atoms with E-state index in [1.807, 2.05) is 56.3 Å². The number of anilines is 1. The summed E-state index contributed by atoms with van der Waals surface area (Å²) in [4.78, 5) is 4.59. The maximum absolute atomic E-state index is 11.0. The van der Waals surface area contributed by atoms with Gasteiger partial charge in [-0.25, -0.2) is 0 Å². The lowest BCUT2D eigenvalue weighted by Crippen LogP contribution is -2.46. The highest BCUT2D eigenvalue weighted by Gasteiger charge is 2.32. The van der Waals surface area contributed by atoms with Crippen LogP contribution in [-0.4, -0.2) is 61.5 Å². The zero-order valence-electron chi connectivity index (χ0n) is 18.6. The molecule has 0 aromatic heterocycles. The molecule has 1 fully saturated rings. The van der Waals surface area contributed by atoms with Crippen LogP contribution in [0.15, 0.2) is 54.6 Å². The van der Waals surface area contributed by atoms with Crippen molar-refractivity contribution >= 4 is 5.69 Å². The van der Waals surface area contributed by atoms with Gasteiger partial charge in [-0.05, 0) is 69.5 Å². The van der Waals surface area contributed by atoms with Crippen LogP contribution >= 0.6 is 0 Å². The summed E-state index contributed by atoms with van der Waals surface area (Å²) in [5, 5.41) is 11.0. The Labute approximate surface area is 181 Å². The average Bonchev–Trinajstić information content (AvgIpc) is 2.75. The van der Waals surface area contributed by atoms with Crippen LogP contribution in [0.4, 0.5) is 5.69 Å². The van der Waals surface area contributed by atoms with Crippen molar-refractivity contribution in [2.75, 3.05) is 44.7 Å². The number of piperidine rings is 1. The van der Waals surface area contributed by atoms with Gasteiger partial charge in [-0.2, -0.15) is 0 Å². The van der Waals surface area contributed by atoms with E-state index in [0.717, 1.165) is 62.6 Å². The molecular formula is C25H36N2O3. The molecular weight excluding hydrogens is 376 g/mol. The normalized spacial score (nSPS) is 16.4. The van der Waals surface area contributed by atoms with Crippen LogP contribution in [0.5, 0.6) is 11.5 Å². The Morgan fingerprint density at radius 1 is 1.00 bits per heavy atom. The lowest BCUT2D eigenvalue weighted by Gasteiger charge is -2.39. The first-order valence-electron chi connectivity index (χ1n) is 11.0. The van der Waals surface area contributed by atoms with Gasteiger partial charge < -0.3 is 19.5 Å². The molecule has 2 aromatic rings. The molecule has 0 aliphatic carbocycles. The van der Waals surface area contributed by atoms with Crippen molar-refractivity contribution in [3.8, 4) is 11.5 Å². The second kappa shape index (κ2) is 10.7. The molecule has 2 aromatic carbocycles. The molecule has 0 radical (unpaired) electrons. The Balaban J connectivity index is 1.37. The summed E-state index contributed by atoms with van der Waals surface area (Å²) in [6, 6.07) is 18.1. The van der Waals surface area contributed by atoms with Crippen molar-refractivity contribution in [1.82, 2.24) is 4.90 Å². The first-order valence-corrected chi connectivity index (χ1v) is 11.0. The van der Waals surface area contributed by atoms with Gasteiger partial charge in [-0.3, -0.25) is 4.90 Å². The van der Waals surface area contributed by atoms with Crippen LogP contribution in [0.25, 0.3) is 0 Å². The summed E-state index contributed by atoms with van der Waals surface area (Å²) in [7, 11) is 2.08. The standard InChI is InChI=1S/C25H36N2O3/c1-21(2)30-24-11-9-22(10-12-24)26(3)16-13-25(28)14-17-27(18-15-25)19-20-29-23-7-5-4-6-8-23/h4-12,21,28H,13-20H2,1-3H3. The van der Waals surface area contributed by atoms with E-state index in [-0.39, 0.29) is 6.10 Å². The average molecular weight is 413 g/mol. The fraction of sp³-hybridized carbons (Fsp3) is 0.520. The SMILES string of the molecule is CC(C)Oc1ccc(N(C)CCC2(O)CCN(CCOc3ccccc3)CC2)cc1. The lowest BCUT2D eigenvalue weighted by atomic mass is 9.88. The number of hydrogen-bond acceptors (Lipinski definition) is 5. The molecule has 1 aliphatic rings. The van der Waals surface area contributed by atoms with Gasteiger partial charge in [-0.1, -0.05) is 18.2 Å². The van der Waals surface area contributed by atoms with Gasteiger partial charge in [0, 0.05) is 38.9 Å². The second-order valence-corrected chi connectivity index (χ2v) is 8.56. The Morgan fingerprint density at radius 3 is 2.30 bits per heavy atom.